The van der Waals surface area contributed by atoms with Crippen molar-refractivity contribution in [2.45, 2.75) is 17.0 Å². The second-order valence-corrected chi connectivity index (χ2v) is 10.2. The van der Waals surface area contributed by atoms with E-state index in [1.54, 1.807) is 7.11 Å². The lowest BCUT2D eigenvalue weighted by atomic mass is 10.2. The molecule has 192 valence electrons. The molecule has 0 saturated carbocycles. The van der Waals surface area contributed by atoms with Crippen molar-refractivity contribution in [2.24, 2.45) is 5.14 Å². The third-order valence-electron chi connectivity index (χ3n) is 5.17. The molecule has 1 heterocycles. The molecule has 0 fully saturated rings. The summed E-state index contributed by atoms with van der Waals surface area (Å²) in [6.07, 6.45) is 0. The van der Waals surface area contributed by atoms with Crippen LogP contribution in [0.3, 0.4) is 0 Å². The Morgan fingerprint density at radius 2 is 1.76 bits per heavy atom. The number of nitrogens with one attached hydrogen (secondary N) is 1. The van der Waals surface area contributed by atoms with Crippen molar-refractivity contribution in [3.63, 3.8) is 0 Å². The second kappa shape index (κ2) is 11.5. The molecule has 10 nitrogen and oxygen atoms in total. The summed E-state index contributed by atoms with van der Waals surface area (Å²) in [4.78, 5) is 12.6. The predicted molar refractivity (Wildman–Crippen MR) is 142 cm³/mol. The minimum atomic E-state index is -3.81. The third-order valence-corrected chi connectivity index (χ3v) is 7.02. The number of carbonyl (C=O) groups excluding carboxylic acids is 1. The molecule has 1 aromatic heterocycles. The average Bonchev–Trinajstić information content (AvgIpc) is 3.32. The molecular formula is C25H25N5O5S2. The van der Waals surface area contributed by atoms with Crippen LogP contribution in [0.1, 0.15) is 6.92 Å². The Morgan fingerprint density at radius 3 is 2.41 bits per heavy atom. The number of anilines is 1. The lowest BCUT2D eigenvalue weighted by molar-refractivity contribution is -0.113. The van der Waals surface area contributed by atoms with Gasteiger partial charge < -0.3 is 14.8 Å². The summed E-state index contributed by atoms with van der Waals surface area (Å²) < 4.78 is 35.6. The van der Waals surface area contributed by atoms with Gasteiger partial charge in [-0.3, -0.25) is 9.36 Å². The van der Waals surface area contributed by atoms with E-state index in [2.05, 4.69) is 15.5 Å². The molecular weight excluding hydrogens is 514 g/mol. The topological polar surface area (TPSA) is 138 Å². The van der Waals surface area contributed by atoms with E-state index >= 15 is 0 Å². The molecule has 0 spiro atoms. The van der Waals surface area contributed by atoms with E-state index in [9.17, 15) is 13.2 Å². The first kappa shape index (κ1) is 26.2. The average molecular weight is 540 g/mol. The second-order valence-electron chi connectivity index (χ2n) is 7.71. The monoisotopic (exact) mass is 539 g/mol. The number of methoxy groups -OCH3 is 1. The van der Waals surface area contributed by atoms with E-state index in [1.807, 2.05) is 60.0 Å². The van der Waals surface area contributed by atoms with Gasteiger partial charge in [0.1, 0.15) is 11.5 Å². The fraction of sp³-hybridized carbons (Fsp3) is 0.160. The molecule has 12 heteroatoms. The van der Waals surface area contributed by atoms with Crippen LogP contribution in [0, 0.1) is 0 Å². The van der Waals surface area contributed by atoms with Gasteiger partial charge in [-0.1, -0.05) is 23.9 Å². The summed E-state index contributed by atoms with van der Waals surface area (Å²) in [5.41, 5.74) is 2.04. The third kappa shape index (κ3) is 6.47. The van der Waals surface area contributed by atoms with Gasteiger partial charge in [0.25, 0.3) is 0 Å². The predicted octanol–water partition coefficient (Wildman–Crippen LogP) is 3.72. The van der Waals surface area contributed by atoms with Crippen LogP contribution >= 0.6 is 11.8 Å². The van der Waals surface area contributed by atoms with E-state index in [4.69, 9.17) is 14.6 Å². The van der Waals surface area contributed by atoms with Crippen LogP contribution < -0.4 is 19.9 Å². The number of rotatable bonds is 10. The molecule has 0 aliphatic heterocycles. The smallest absolute Gasteiger partial charge is 0.238 e. The molecule has 3 aromatic carbocycles. The van der Waals surface area contributed by atoms with Gasteiger partial charge in [-0.25, -0.2) is 13.6 Å². The molecule has 3 N–H and O–H groups in total. The first-order valence-corrected chi connectivity index (χ1v) is 13.7. The van der Waals surface area contributed by atoms with Gasteiger partial charge in [-0.15, -0.1) is 10.2 Å². The van der Waals surface area contributed by atoms with Crippen LogP contribution in [0.4, 0.5) is 5.69 Å². The Bertz CT molecular complexity index is 1490. The molecule has 1 amide bonds. The van der Waals surface area contributed by atoms with E-state index in [-0.39, 0.29) is 16.6 Å². The van der Waals surface area contributed by atoms with Crippen molar-refractivity contribution >= 4 is 33.4 Å². The molecule has 4 rings (SSSR count). The summed E-state index contributed by atoms with van der Waals surface area (Å²) in [6.45, 7) is 2.48. The van der Waals surface area contributed by atoms with E-state index < -0.39 is 10.0 Å². The van der Waals surface area contributed by atoms with E-state index in [1.165, 1.54) is 36.0 Å². The number of ether oxygens (including phenoxy) is 2. The molecule has 0 aliphatic rings. The van der Waals surface area contributed by atoms with Crippen molar-refractivity contribution in [2.75, 3.05) is 24.8 Å². The highest BCUT2D eigenvalue weighted by atomic mass is 32.2. The lowest BCUT2D eigenvalue weighted by Gasteiger charge is -2.12. The Hall–Kier alpha value is -3.87. The van der Waals surface area contributed by atoms with Crippen LogP contribution in [0.2, 0.25) is 0 Å². The van der Waals surface area contributed by atoms with E-state index in [0.29, 0.717) is 29.0 Å². The van der Waals surface area contributed by atoms with Gasteiger partial charge in [0, 0.05) is 16.9 Å². The van der Waals surface area contributed by atoms with Crippen LogP contribution in [0.5, 0.6) is 11.5 Å². The molecule has 0 atom stereocenters. The highest BCUT2D eigenvalue weighted by Crippen LogP contribution is 2.30. The van der Waals surface area contributed by atoms with Crippen molar-refractivity contribution in [3.8, 4) is 28.6 Å². The summed E-state index contributed by atoms with van der Waals surface area (Å²) in [5, 5.41) is 17.1. The van der Waals surface area contributed by atoms with Crippen LogP contribution in [-0.2, 0) is 14.8 Å². The maximum Gasteiger partial charge on any atom is 0.238 e. The first-order chi connectivity index (χ1) is 17.8. The Kier molecular flexibility index (Phi) is 8.11. The van der Waals surface area contributed by atoms with Crippen molar-refractivity contribution in [1.29, 1.82) is 0 Å². The SMILES string of the molecule is CCOc1ccc(-n2c(SCC(=O)Nc3ccc(S(N)(=O)=O)cc3)nnc2-c2cccc(OC)c2)cc1. The molecule has 0 unspecified atom stereocenters. The number of benzene rings is 3. The summed E-state index contributed by atoms with van der Waals surface area (Å²) in [5.74, 6) is 1.76. The fourth-order valence-corrected chi connectivity index (χ4v) is 4.73. The standard InChI is InChI=1S/C25H25N5O5S2/c1-3-35-20-11-9-19(10-12-20)30-24(17-5-4-6-21(15-17)34-2)28-29-25(30)36-16-23(31)27-18-7-13-22(14-8-18)37(26,32)33/h4-15H,3,16H2,1-2H3,(H,27,31)(H2,26,32,33). The van der Waals surface area contributed by atoms with Gasteiger partial charge in [-0.2, -0.15) is 0 Å². The molecule has 0 saturated heterocycles. The zero-order chi connectivity index (χ0) is 26.4. The summed E-state index contributed by atoms with van der Waals surface area (Å²) in [6, 6.07) is 20.6. The van der Waals surface area contributed by atoms with Crippen LogP contribution in [0.25, 0.3) is 17.1 Å². The van der Waals surface area contributed by atoms with Crippen LogP contribution in [-0.4, -0.2) is 48.6 Å². The Morgan fingerprint density at radius 1 is 1.03 bits per heavy atom. The molecule has 0 bridgehead atoms. The number of amides is 1. The van der Waals surface area contributed by atoms with Gasteiger partial charge in [0.05, 0.1) is 24.4 Å². The van der Waals surface area contributed by atoms with Crippen molar-refractivity contribution in [1.82, 2.24) is 14.8 Å². The number of hydrogen-bond acceptors (Lipinski definition) is 8. The Labute approximate surface area is 218 Å². The number of sulfonamides is 1. The zero-order valence-electron chi connectivity index (χ0n) is 20.1. The number of nitrogens with zero attached hydrogens (tertiary/aromatic N) is 3. The van der Waals surface area contributed by atoms with Gasteiger partial charge >= 0.3 is 0 Å². The molecule has 37 heavy (non-hydrogen) atoms. The minimum Gasteiger partial charge on any atom is -0.497 e. The number of thioether (sulfide) groups is 1. The first-order valence-electron chi connectivity index (χ1n) is 11.2. The summed E-state index contributed by atoms with van der Waals surface area (Å²) >= 11 is 1.22. The maximum absolute atomic E-state index is 12.6. The van der Waals surface area contributed by atoms with Gasteiger partial charge in [0.2, 0.25) is 15.9 Å². The quantitative estimate of drug-likeness (QED) is 0.291. The number of primary sulfonamides is 1. The normalized spacial score (nSPS) is 11.2. The van der Waals surface area contributed by atoms with Gasteiger partial charge in [0.15, 0.2) is 11.0 Å². The van der Waals surface area contributed by atoms with Gasteiger partial charge in [-0.05, 0) is 67.6 Å². The number of carbonyl (C=O) groups is 1. The number of aromatic nitrogens is 3. The minimum absolute atomic E-state index is 0.0339. The van der Waals surface area contributed by atoms with E-state index in [0.717, 1.165) is 17.0 Å². The fourth-order valence-electron chi connectivity index (χ4n) is 3.46. The summed E-state index contributed by atoms with van der Waals surface area (Å²) in [7, 11) is -2.21. The highest BCUT2D eigenvalue weighted by molar-refractivity contribution is 7.99. The van der Waals surface area contributed by atoms with Crippen molar-refractivity contribution < 1.29 is 22.7 Å². The Balaban J connectivity index is 1.57. The molecule has 0 radical (unpaired) electrons. The van der Waals surface area contributed by atoms with Crippen molar-refractivity contribution in [3.05, 3.63) is 72.8 Å². The maximum atomic E-state index is 12.6. The zero-order valence-corrected chi connectivity index (χ0v) is 21.8. The molecule has 0 aliphatic carbocycles. The number of nitrogens with two attached hydrogens (primary N) is 1. The highest BCUT2D eigenvalue weighted by Gasteiger charge is 2.18. The number of hydrogen-bond donors (Lipinski definition) is 2. The molecule has 4 aromatic rings. The van der Waals surface area contributed by atoms with Crippen LogP contribution in [0.15, 0.2) is 82.8 Å². The largest absolute Gasteiger partial charge is 0.497 e. The lowest BCUT2D eigenvalue weighted by Crippen LogP contribution is -2.15.